The summed E-state index contributed by atoms with van der Waals surface area (Å²) in [4.78, 5) is 15.9. The summed E-state index contributed by atoms with van der Waals surface area (Å²) in [5, 5.41) is 0.290. The molecule has 6 nitrogen and oxygen atoms in total. The van der Waals surface area contributed by atoms with Gasteiger partial charge in [-0.05, 0) is 34.6 Å². The third-order valence-corrected chi connectivity index (χ3v) is 4.51. The Morgan fingerprint density at radius 3 is 2.40 bits per heavy atom. The first-order valence-corrected chi connectivity index (χ1v) is 7.28. The minimum atomic E-state index is -0.658. The molecule has 2 rings (SSSR count). The second-order valence-corrected chi connectivity index (χ2v) is 6.64. The van der Waals surface area contributed by atoms with Crippen molar-refractivity contribution < 1.29 is 18.8 Å². The van der Waals surface area contributed by atoms with Gasteiger partial charge >= 0.3 is 13.1 Å². The number of carbonyl (C=O) groups excluding carboxylic acids is 1. The first-order valence-electron chi connectivity index (χ1n) is 6.47. The van der Waals surface area contributed by atoms with Crippen molar-refractivity contribution >= 4 is 34.3 Å². The molecule has 0 amide bonds. The van der Waals surface area contributed by atoms with E-state index in [0.29, 0.717) is 4.78 Å². The minimum Gasteiger partial charge on any atom is -0.461 e. The maximum absolute atomic E-state index is 11.9. The zero-order valence-corrected chi connectivity index (χ0v) is 13.2. The number of nitrogen functional groups attached to an aromatic ring is 1. The van der Waals surface area contributed by atoms with Crippen LogP contribution in [0.15, 0.2) is 0 Å². The largest absolute Gasteiger partial charge is 0.508 e. The van der Waals surface area contributed by atoms with Crippen LogP contribution in [-0.4, -0.2) is 35.9 Å². The van der Waals surface area contributed by atoms with Crippen LogP contribution in [0.5, 0.6) is 0 Å². The fraction of sp³-hybridized carbons (Fsp3) is 0.667. The van der Waals surface area contributed by atoms with Crippen molar-refractivity contribution in [2.45, 2.75) is 45.8 Å². The average molecular weight is 298 g/mol. The predicted octanol–water partition coefficient (Wildman–Crippen LogP) is 1.20. The van der Waals surface area contributed by atoms with Crippen molar-refractivity contribution in [2.24, 2.45) is 0 Å². The summed E-state index contributed by atoms with van der Waals surface area (Å²) in [5.41, 5.74) is 4.91. The Hall–Kier alpha value is -1.12. The van der Waals surface area contributed by atoms with Gasteiger partial charge in [0.05, 0.1) is 22.6 Å². The third-order valence-electron chi connectivity index (χ3n) is 3.61. The molecule has 2 N–H and O–H groups in total. The van der Waals surface area contributed by atoms with Crippen LogP contribution in [-0.2, 0) is 14.0 Å². The highest BCUT2D eigenvalue weighted by molar-refractivity contribution is 7.25. The molecule has 0 unspecified atom stereocenters. The first kappa shape index (κ1) is 15.3. The molecular formula is C12H19BN2O4S. The van der Waals surface area contributed by atoms with E-state index in [0.717, 1.165) is 0 Å². The van der Waals surface area contributed by atoms with E-state index in [4.69, 9.17) is 19.8 Å². The number of esters is 1. The maximum Gasteiger partial charge on any atom is 0.508 e. The van der Waals surface area contributed by atoms with Gasteiger partial charge in [0, 0.05) is 0 Å². The lowest BCUT2D eigenvalue weighted by Crippen LogP contribution is -2.41. The van der Waals surface area contributed by atoms with Gasteiger partial charge in [-0.15, -0.1) is 11.3 Å². The molecule has 0 atom stereocenters. The Kier molecular flexibility index (Phi) is 3.83. The fourth-order valence-electron chi connectivity index (χ4n) is 1.80. The molecule has 0 radical (unpaired) electrons. The number of carbonyl (C=O) groups is 1. The zero-order valence-electron chi connectivity index (χ0n) is 12.4. The Labute approximate surface area is 122 Å². The van der Waals surface area contributed by atoms with E-state index in [1.807, 2.05) is 27.7 Å². The van der Waals surface area contributed by atoms with Gasteiger partial charge in [-0.3, -0.25) is 0 Å². The number of hydrogen-bond acceptors (Lipinski definition) is 7. The van der Waals surface area contributed by atoms with Gasteiger partial charge in [0.25, 0.3) is 0 Å². The highest BCUT2D eigenvalue weighted by atomic mass is 32.1. The molecule has 1 fully saturated rings. The molecule has 1 aromatic rings. The van der Waals surface area contributed by atoms with E-state index in [-0.39, 0.29) is 17.4 Å². The Bertz CT molecular complexity index is 514. The van der Waals surface area contributed by atoms with E-state index < -0.39 is 24.3 Å². The summed E-state index contributed by atoms with van der Waals surface area (Å²) in [5.74, 6) is -0.509. The fourth-order valence-corrected chi connectivity index (χ4v) is 2.58. The number of anilines is 1. The van der Waals surface area contributed by atoms with Crippen molar-refractivity contribution in [1.82, 2.24) is 4.98 Å². The highest BCUT2D eigenvalue weighted by Crippen LogP contribution is 2.37. The number of ether oxygens (including phenoxy) is 1. The molecule has 0 aromatic carbocycles. The molecule has 1 aliphatic rings. The van der Waals surface area contributed by atoms with Crippen LogP contribution in [0.25, 0.3) is 0 Å². The zero-order chi connectivity index (χ0) is 15.1. The summed E-state index contributed by atoms with van der Waals surface area (Å²) in [7, 11) is -0.658. The summed E-state index contributed by atoms with van der Waals surface area (Å²) in [6.07, 6.45) is 0. The smallest absolute Gasteiger partial charge is 0.461 e. The van der Waals surface area contributed by atoms with E-state index in [9.17, 15) is 4.79 Å². The van der Waals surface area contributed by atoms with Crippen molar-refractivity contribution in [1.29, 1.82) is 0 Å². The van der Waals surface area contributed by atoms with Crippen LogP contribution >= 0.6 is 11.3 Å². The Balaban J connectivity index is 2.33. The van der Waals surface area contributed by atoms with Crippen LogP contribution < -0.4 is 10.5 Å². The van der Waals surface area contributed by atoms with E-state index in [1.54, 1.807) is 6.92 Å². The molecule has 0 saturated carbocycles. The predicted molar refractivity (Wildman–Crippen MR) is 78.2 cm³/mol. The molecule has 0 aliphatic carbocycles. The quantitative estimate of drug-likeness (QED) is 0.667. The molecule has 110 valence electrons. The van der Waals surface area contributed by atoms with Crippen molar-refractivity contribution in [3.8, 4) is 0 Å². The molecule has 2 heterocycles. The van der Waals surface area contributed by atoms with Gasteiger partial charge in [-0.2, -0.15) is 0 Å². The summed E-state index contributed by atoms with van der Waals surface area (Å²) in [6.45, 7) is 9.80. The molecule has 20 heavy (non-hydrogen) atoms. The van der Waals surface area contributed by atoms with Crippen LogP contribution in [0.4, 0.5) is 5.13 Å². The van der Waals surface area contributed by atoms with E-state index >= 15 is 0 Å². The number of nitrogens with two attached hydrogens (primary N) is 1. The van der Waals surface area contributed by atoms with E-state index in [2.05, 4.69) is 4.98 Å². The van der Waals surface area contributed by atoms with Gasteiger partial charge in [0.15, 0.2) is 10.8 Å². The SMILES string of the molecule is CCOC(=O)c1nc(N)sc1B1OC(C)(C)C(C)(C)O1. The van der Waals surface area contributed by atoms with Crippen molar-refractivity contribution in [2.75, 3.05) is 12.3 Å². The molecule has 1 saturated heterocycles. The van der Waals surface area contributed by atoms with Gasteiger partial charge in [-0.25, -0.2) is 9.78 Å². The van der Waals surface area contributed by atoms with Gasteiger partial charge in [0.2, 0.25) is 0 Å². The van der Waals surface area contributed by atoms with Crippen LogP contribution in [0.3, 0.4) is 0 Å². The first-order chi connectivity index (χ1) is 9.18. The molecule has 0 spiro atoms. The highest BCUT2D eigenvalue weighted by Gasteiger charge is 2.53. The summed E-state index contributed by atoms with van der Waals surface area (Å²) < 4.78 is 17.4. The van der Waals surface area contributed by atoms with Crippen LogP contribution in [0.1, 0.15) is 45.1 Å². The standard InChI is InChI=1S/C12H19BN2O4S/c1-6-17-9(16)7-8(20-10(14)15-7)13-18-11(2,3)12(4,5)19-13/h6H2,1-5H3,(H2,14,15). The van der Waals surface area contributed by atoms with Crippen molar-refractivity contribution in [3.05, 3.63) is 5.69 Å². The number of rotatable bonds is 3. The van der Waals surface area contributed by atoms with Crippen molar-refractivity contribution in [3.63, 3.8) is 0 Å². The topological polar surface area (TPSA) is 83.7 Å². The average Bonchev–Trinajstić information content (AvgIpc) is 2.78. The molecule has 8 heteroatoms. The summed E-state index contributed by atoms with van der Waals surface area (Å²) >= 11 is 1.18. The lowest BCUT2D eigenvalue weighted by molar-refractivity contribution is 0.00578. The second-order valence-electron chi connectivity index (χ2n) is 5.57. The van der Waals surface area contributed by atoms with Crippen LogP contribution in [0, 0.1) is 0 Å². The third kappa shape index (κ3) is 2.55. The van der Waals surface area contributed by atoms with E-state index in [1.165, 1.54) is 11.3 Å². The lowest BCUT2D eigenvalue weighted by Gasteiger charge is -2.32. The maximum atomic E-state index is 11.9. The van der Waals surface area contributed by atoms with Crippen LogP contribution in [0.2, 0.25) is 0 Å². The molecule has 1 aromatic heterocycles. The Morgan fingerprint density at radius 2 is 1.90 bits per heavy atom. The monoisotopic (exact) mass is 298 g/mol. The normalized spacial score (nSPS) is 20.1. The number of aromatic nitrogens is 1. The van der Waals surface area contributed by atoms with Gasteiger partial charge in [-0.1, -0.05) is 0 Å². The van der Waals surface area contributed by atoms with Gasteiger partial charge < -0.3 is 19.8 Å². The molecule has 1 aliphatic heterocycles. The summed E-state index contributed by atoms with van der Waals surface area (Å²) in [6, 6.07) is 0. The number of hydrogen-bond donors (Lipinski definition) is 1. The lowest BCUT2D eigenvalue weighted by atomic mass is 9.86. The van der Waals surface area contributed by atoms with Gasteiger partial charge in [0.1, 0.15) is 0 Å². The second kappa shape index (κ2) is 5.02. The number of thiazole rings is 1. The molecule has 0 bridgehead atoms. The molecular weight excluding hydrogens is 279 g/mol. The minimum absolute atomic E-state index is 0.174. The Morgan fingerprint density at radius 1 is 1.35 bits per heavy atom. The number of nitrogens with zero attached hydrogens (tertiary/aromatic N) is 1.